The molecule has 0 radical (unpaired) electrons. The minimum atomic E-state index is -3.06. The molecule has 12 rings (SSSR count). The van der Waals surface area contributed by atoms with Crippen LogP contribution in [-0.2, 0) is 21.1 Å². The van der Waals surface area contributed by atoms with E-state index in [1.165, 1.54) is 40.9 Å². The molecule has 276 valence electrons. The van der Waals surface area contributed by atoms with Gasteiger partial charge >= 0.3 is 21.1 Å². The number of anilines is 3. The topological polar surface area (TPSA) is 42.7 Å². The molecule has 1 aliphatic rings. The number of fused-ring (bicyclic) bond motifs is 12. The minimum absolute atomic E-state index is 0. The summed E-state index contributed by atoms with van der Waals surface area (Å²) in [5, 5.41) is 10.9. The van der Waals surface area contributed by atoms with Crippen molar-refractivity contribution in [1.82, 2.24) is 14.4 Å². The first kappa shape index (κ1) is 34.8. The van der Waals surface area contributed by atoms with Crippen molar-refractivity contribution in [3.63, 3.8) is 0 Å². The SMILES string of the molecule is [Pt+2].[c-]1c(Oc2[c-]c3c(cc2)c2ccccc2n2ccnc32)ccc2c1N(c1ccccn1)c1ccc3sc4ccccc4c3c1[Si]2(c1ccccc1)c1ccccc1. The van der Waals surface area contributed by atoms with Crippen molar-refractivity contribution in [2.45, 2.75) is 0 Å². The van der Waals surface area contributed by atoms with Gasteiger partial charge in [-0.25, -0.2) is 4.98 Å². The van der Waals surface area contributed by atoms with Gasteiger partial charge in [-0.15, -0.1) is 40.8 Å². The Balaban J connectivity index is 0.00000385. The first-order valence-electron chi connectivity index (χ1n) is 19.0. The van der Waals surface area contributed by atoms with Gasteiger partial charge in [0, 0.05) is 61.5 Å². The predicted molar refractivity (Wildman–Crippen MR) is 237 cm³/mol. The summed E-state index contributed by atoms with van der Waals surface area (Å²) >= 11 is 1.86. The molecule has 8 heteroatoms. The van der Waals surface area contributed by atoms with Crippen LogP contribution in [0.1, 0.15) is 0 Å². The van der Waals surface area contributed by atoms with Crippen molar-refractivity contribution in [3.8, 4) is 11.5 Å². The fourth-order valence-corrected chi connectivity index (χ4v) is 15.6. The number of pyridine rings is 2. The summed E-state index contributed by atoms with van der Waals surface area (Å²) in [6, 6.07) is 66.1. The van der Waals surface area contributed by atoms with Crippen LogP contribution in [0.3, 0.4) is 0 Å². The standard InChI is InChI=1S/C50H30N4OSSi.Pt/c1-3-13-35(14-4-1)57(36-15-5-2-6-16-36)46-27-23-34(55-33-22-24-37-38-17-7-9-19-41(38)53-30-29-52-50(53)40(37)31-33)32-43(46)54(47-21-11-12-28-51-47)42-25-26-45-48(49(42)57)39-18-8-10-20-44(39)56-45;/h1-30H;/q-2;+2. The second-order valence-electron chi connectivity index (χ2n) is 14.4. The quantitative estimate of drug-likeness (QED) is 0.0980. The zero-order valence-electron chi connectivity index (χ0n) is 30.7. The summed E-state index contributed by atoms with van der Waals surface area (Å²) in [6.45, 7) is 0. The Kier molecular flexibility index (Phi) is 8.19. The van der Waals surface area contributed by atoms with E-state index in [0.29, 0.717) is 11.5 Å². The molecule has 0 bridgehead atoms. The van der Waals surface area contributed by atoms with Gasteiger partial charge in [0.05, 0.1) is 5.65 Å². The number of nitrogens with zero attached hydrogens (tertiary/aromatic N) is 4. The van der Waals surface area contributed by atoms with Gasteiger partial charge in [-0.1, -0.05) is 136 Å². The van der Waals surface area contributed by atoms with E-state index in [2.05, 4.69) is 173 Å². The molecule has 5 heterocycles. The van der Waals surface area contributed by atoms with Gasteiger partial charge in [0.1, 0.15) is 13.9 Å². The predicted octanol–water partition coefficient (Wildman–Crippen LogP) is 9.95. The smallest absolute Gasteiger partial charge is 0.503 e. The molecule has 1 aliphatic heterocycles. The average Bonchev–Trinajstić information content (AvgIpc) is 3.93. The van der Waals surface area contributed by atoms with Crippen LogP contribution < -0.4 is 30.4 Å². The normalized spacial score (nSPS) is 13.1. The van der Waals surface area contributed by atoms with Crippen LogP contribution in [0.15, 0.2) is 182 Å². The first-order valence-corrected chi connectivity index (χ1v) is 21.8. The van der Waals surface area contributed by atoms with Crippen molar-refractivity contribution in [2.24, 2.45) is 0 Å². The van der Waals surface area contributed by atoms with Crippen LogP contribution in [0.2, 0.25) is 0 Å². The first-order chi connectivity index (χ1) is 28.3. The second kappa shape index (κ2) is 13.6. The Morgan fingerprint density at radius 1 is 0.569 bits per heavy atom. The Hall–Kier alpha value is -6.37. The summed E-state index contributed by atoms with van der Waals surface area (Å²) in [6.07, 6.45) is 5.71. The Morgan fingerprint density at radius 2 is 1.28 bits per heavy atom. The number of para-hydroxylation sites is 1. The van der Waals surface area contributed by atoms with Gasteiger partial charge in [0.15, 0.2) is 0 Å². The minimum Gasteiger partial charge on any atom is -0.503 e. The summed E-state index contributed by atoms with van der Waals surface area (Å²) < 4.78 is 11.5. The maximum atomic E-state index is 6.78. The number of aromatic nitrogens is 3. The third-order valence-corrected chi connectivity index (χ3v) is 17.4. The van der Waals surface area contributed by atoms with Gasteiger partial charge < -0.3 is 14.0 Å². The number of thiophene rings is 1. The molecule has 5 nitrogen and oxygen atoms in total. The number of imidazole rings is 1. The summed E-state index contributed by atoms with van der Waals surface area (Å²) in [4.78, 5) is 12.0. The Labute approximate surface area is 353 Å². The molecule has 7 aromatic carbocycles. The van der Waals surface area contributed by atoms with Gasteiger partial charge in [-0.3, -0.25) is 4.98 Å². The van der Waals surface area contributed by atoms with Gasteiger partial charge in [0.25, 0.3) is 0 Å². The average molecular weight is 958 g/mol. The van der Waals surface area contributed by atoms with E-state index < -0.39 is 8.07 Å². The number of hydrogen-bond donors (Lipinski definition) is 0. The third kappa shape index (κ3) is 5.04. The van der Waals surface area contributed by atoms with Crippen molar-refractivity contribution in [3.05, 3.63) is 195 Å². The molecule has 0 saturated carbocycles. The van der Waals surface area contributed by atoms with Crippen molar-refractivity contribution < 1.29 is 25.8 Å². The fourth-order valence-electron chi connectivity index (χ4n) is 9.14. The monoisotopic (exact) mass is 957 g/mol. The van der Waals surface area contributed by atoms with Crippen molar-refractivity contribution in [2.75, 3.05) is 4.90 Å². The molecule has 0 N–H and O–H groups in total. The van der Waals surface area contributed by atoms with E-state index in [4.69, 9.17) is 14.7 Å². The number of hydrogen-bond acceptors (Lipinski definition) is 5. The van der Waals surface area contributed by atoms with Gasteiger partial charge in [-0.05, 0) is 47.0 Å². The van der Waals surface area contributed by atoms with Crippen LogP contribution in [0.25, 0.3) is 47.5 Å². The van der Waals surface area contributed by atoms with Crippen LogP contribution in [-0.4, -0.2) is 22.4 Å². The fraction of sp³-hybridized carbons (Fsp3) is 0. The Morgan fingerprint density at radius 3 is 2.07 bits per heavy atom. The molecule has 0 fully saturated rings. The third-order valence-electron chi connectivity index (χ3n) is 11.4. The molecule has 11 aromatic rings. The van der Waals surface area contributed by atoms with Crippen LogP contribution >= 0.6 is 11.3 Å². The number of ether oxygens (including phenoxy) is 1. The molecule has 0 unspecified atom stereocenters. The van der Waals surface area contributed by atoms with Crippen LogP contribution in [0, 0.1) is 12.1 Å². The van der Waals surface area contributed by atoms with E-state index in [1.807, 2.05) is 42.1 Å². The van der Waals surface area contributed by atoms with E-state index in [1.54, 1.807) is 0 Å². The molecule has 0 spiro atoms. The van der Waals surface area contributed by atoms with Gasteiger partial charge in [0.2, 0.25) is 0 Å². The molecule has 0 aliphatic carbocycles. The van der Waals surface area contributed by atoms with Gasteiger partial charge in [-0.2, -0.15) is 6.07 Å². The summed E-state index contributed by atoms with van der Waals surface area (Å²) in [5.41, 5.74) is 3.99. The maximum absolute atomic E-state index is 6.78. The van der Waals surface area contributed by atoms with Crippen LogP contribution in [0.5, 0.6) is 11.5 Å². The van der Waals surface area contributed by atoms with E-state index in [0.717, 1.165) is 44.5 Å². The Bertz CT molecular complexity index is 3310. The number of benzene rings is 7. The maximum Gasteiger partial charge on any atom is 2.00 e. The molecular formula is C50H30N4OPtSSi. The molecule has 4 aromatic heterocycles. The summed E-state index contributed by atoms with van der Waals surface area (Å²) in [7, 11) is -3.06. The zero-order chi connectivity index (χ0) is 37.5. The second-order valence-corrected chi connectivity index (χ2v) is 19.1. The van der Waals surface area contributed by atoms with E-state index in [-0.39, 0.29) is 21.1 Å². The largest absolute Gasteiger partial charge is 2.00 e. The molecule has 0 atom stereocenters. The van der Waals surface area contributed by atoms with Crippen LogP contribution in [0.4, 0.5) is 17.2 Å². The van der Waals surface area contributed by atoms with E-state index >= 15 is 0 Å². The summed E-state index contributed by atoms with van der Waals surface area (Å²) in [5.74, 6) is 2.02. The molecular weight excluding hydrogens is 928 g/mol. The van der Waals surface area contributed by atoms with Crippen molar-refractivity contribution >= 4 is 105 Å². The molecule has 0 amide bonds. The molecule has 0 saturated heterocycles. The molecule has 58 heavy (non-hydrogen) atoms. The number of rotatable bonds is 5. The van der Waals surface area contributed by atoms with E-state index in [9.17, 15) is 0 Å². The zero-order valence-corrected chi connectivity index (χ0v) is 34.8. The van der Waals surface area contributed by atoms with Crippen molar-refractivity contribution in [1.29, 1.82) is 0 Å².